The fourth-order valence-corrected chi connectivity index (χ4v) is 4.08. The van der Waals surface area contributed by atoms with E-state index < -0.39 is 23.8 Å². The normalized spacial score (nSPS) is 18.8. The maximum atomic E-state index is 15.0. The number of nitrogens with one attached hydrogen (secondary N) is 1. The van der Waals surface area contributed by atoms with Gasteiger partial charge >= 0.3 is 0 Å². The molecule has 5 rings (SSSR count). The predicted octanol–water partition coefficient (Wildman–Crippen LogP) is 4.75. The van der Waals surface area contributed by atoms with Gasteiger partial charge in [0.15, 0.2) is 17.3 Å². The first-order valence-corrected chi connectivity index (χ1v) is 10.4. The van der Waals surface area contributed by atoms with Gasteiger partial charge in [0.25, 0.3) is 0 Å². The van der Waals surface area contributed by atoms with Crippen LogP contribution < -0.4 is 10.2 Å². The second kappa shape index (κ2) is 8.31. The van der Waals surface area contributed by atoms with E-state index in [0.29, 0.717) is 34.9 Å². The Morgan fingerprint density at radius 2 is 1.97 bits per heavy atom. The topological polar surface area (TPSA) is 58.4 Å². The second-order valence-corrected chi connectivity index (χ2v) is 7.98. The third-order valence-electron chi connectivity index (χ3n) is 5.52. The first-order chi connectivity index (χ1) is 15.5. The summed E-state index contributed by atoms with van der Waals surface area (Å²) in [5.74, 6) is -1.59. The molecule has 0 saturated carbocycles. The van der Waals surface area contributed by atoms with Gasteiger partial charge in [0.05, 0.1) is 12.6 Å². The molecule has 0 aliphatic carbocycles. The van der Waals surface area contributed by atoms with Crippen molar-refractivity contribution in [2.75, 3.05) is 23.3 Å². The molecule has 0 bridgehead atoms. The summed E-state index contributed by atoms with van der Waals surface area (Å²) in [5.41, 5.74) is 2.35. The smallest absolute Gasteiger partial charge is 0.243 e. The van der Waals surface area contributed by atoms with Gasteiger partial charge in [-0.15, -0.1) is 5.10 Å². The average molecular weight is 459 g/mol. The van der Waals surface area contributed by atoms with E-state index in [4.69, 9.17) is 11.6 Å². The van der Waals surface area contributed by atoms with Crippen LogP contribution in [0.25, 0.3) is 16.8 Å². The van der Waals surface area contributed by atoms with Gasteiger partial charge in [-0.3, -0.25) is 0 Å². The van der Waals surface area contributed by atoms with Crippen molar-refractivity contribution < 1.29 is 13.2 Å². The van der Waals surface area contributed by atoms with Crippen LogP contribution in [0.5, 0.6) is 0 Å². The maximum Gasteiger partial charge on any atom is 0.243 e. The van der Waals surface area contributed by atoms with Crippen LogP contribution in [0, 0.1) is 11.6 Å². The minimum Gasteiger partial charge on any atom is -0.368 e. The van der Waals surface area contributed by atoms with E-state index in [-0.39, 0.29) is 12.5 Å². The Morgan fingerprint density at radius 1 is 1.09 bits per heavy atom. The van der Waals surface area contributed by atoms with E-state index in [1.165, 1.54) is 10.6 Å². The molecule has 1 aromatic carbocycles. The number of hydrogen-bond acceptors (Lipinski definition) is 5. The van der Waals surface area contributed by atoms with Gasteiger partial charge in [0.2, 0.25) is 5.95 Å². The first-order valence-electron chi connectivity index (χ1n) is 10.1. The number of fused-ring (bicyclic) bond motifs is 1. The van der Waals surface area contributed by atoms with Crippen LogP contribution in [0.1, 0.15) is 6.42 Å². The van der Waals surface area contributed by atoms with Crippen molar-refractivity contribution in [3.8, 4) is 11.1 Å². The molecule has 3 aromatic heterocycles. The van der Waals surface area contributed by atoms with Crippen molar-refractivity contribution >= 4 is 28.9 Å². The molecule has 0 radical (unpaired) electrons. The molecule has 1 aliphatic rings. The summed E-state index contributed by atoms with van der Waals surface area (Å²) < 4.78 is 43.5. The standard InChI is InChI=1S/C22H18ClF3N6/c23-20-11-14(5-7-27-20)31-9-6-19(18(26)12-31)28-22-29-21-15(2-1-8-32(21)30-22)13-3-4-16(24)17(25)10-13/h1-5,7-8,10-11,18-19H,6,9,12H2,(H,28,30)/t18-,19?/m0/s1. The summed E-state index contributed by atoms with van der Waals surface area (Å²) in [5, 5.41) is 7.83. The van der Waals surface area contributed by atoms with Crippen molar-refractivity contribution in [1.29, 1.82) is 0 Å². The highest BCUT2D eigenvalue weighted by atomic mass is 35.5. The minimum atomic E-state index is -1.16. The van der Waals surface area contributed by atoms with Crippen molar-refractivity contribution in [2.45, 2.75) is 18.6 Å². The molecule has 6 nitrogen and oxygen atoms in total. The highest BCUT2D eigenvalue weighted by molar-refractivity contribution is 6.29. The molecule has 1 aliphatic heterocycles. The molecule has 0 amide bonds. The van der Waals surface area contributed by atoms with Crippen LogP contribution in [0.15, 0.2) is 54.9 Å². The molecular formula is C22H18ClF3N6. The van der Waals surface area contributed by atoms with Gasteiger partial charge in [-0.05, 0) is 48.4 Å². The summed E-state index contributed by atoms with van der Waals surface area (Å²) in [6.07, 6.45) is 2.67. The monoisotopic (exact) mass is 458 g/mol. The Bertz CT molecular complexity index is 1280. The number of alkyl halides is 1. The minimum absolute atomic E-state index is 0.200. The first kappa shape index (κ1) is 20.6. The van der Waals surface area contributed by atoms with Gasteiger partial charge in [-0.2, -0.15) is 4.98 Å². The van der Waals surface area contributed by atoms with Crippen molar-refractivity contribution in [2.24, 2.45) is 0 Å². The van der Waals surface area contributed by atoms with E-state index in [2.05, 4.69) is 20.4 Å². The number of pyridine rings is 2. The van der Waals surface area contributed by atoms with Crippen molar-refractivity contribution in [3.05, 3.63) is 71.6 Å². The molecule has 4 aromatic rings. The van der Waals surface area contributed by atoms with Crippen LogP contribution in [-0.2, 0) is 0 Å². The molecule has 10 heteroatoms. The zero-order valence-corrected chi connectivity index (χ0v) is 17.5. The van der Waals surface area contributed by atoms with Gasteiger partial charge in [-0.25, -0.2) is 22.7 Å². The Labute approximate surface area is 186 Å². The van der Waals surface area contributed by atoms with Crippen molar-refractivity contribution in [1.82, 2.24) is 19.6 Å². The van der Waals surface area contributed by atoms with E-state index in [9.17, 15) is 13.2 Å². The third-order valence-corrected chi connectivity index (χ3v) is 5.73. The fraction of sp³-hybridized carbons (Fsp3) is 0.227. The Balaban J connectivity index is 1.35. The van der Waals surface area contributed by atoms with E-state index in [1.54, 1.807) is 36.7 Å². The number of rotatable bonds is 4. The summed E-state index contributed by atoms with van der Waals surface area (Å²) in [6, 6.07) is 10.2. The van der Waals surface area contributed by atoms with Crippen LogP contribution >= 0.6 is 11.6 Å². The fourth-order valence-electron chi connectivity index (χ4n) is 3.91. The van der Waals surface area contributed by atoms with E-state index in [1.807, 2.05) is 4.90 Å². The predicted molar refractivity (Wildman–Crippen MR) is 117 cm³/mol. The maximum absolute atomic E-state index is 15.0. The lowest BCUT2D eigenvalue weighted by Gasteiger charge is -2.36. The number of anilines is 2. The summed E-state index contributed by atoms with van der Waals surface area (Å²) in [6.45, 7) is 0.831. The molecular weight excluding hydrogens is 441 g/mol. The Kier molecular flexibility index (Phi) is 5.34. The lowest BCUT2D eigenvalue weighted by atomic mass is 10.0. The highest BCUT2D eigenvalue weighted by Gasteiger charge is 2.30. The number of halogens is 4. The molecule has 32 heavy (non-hydrogen) atoms. The van der Waals surface area contributed by atoms with Crippen LogP contribution in [-0.4, -0.2) is 44.9 Å². The molecule has 164 valence electrons. The van der Waals surface area contributed by atoms with Gasteiger partial charge in [0, 0.05) is 30.2 Å². The third kappa shape index (κ3) is 3.95. The molecule has 1 saturated heterocycles. The SMILES string of the molecule is Fc1ccc(-c2cccn3nc(NC4CCN(c5ccnc(Cl)c5)C[C@@H]4F)nc23)cc1F. The van der Waals surface area contributed by atoms with E-state index in [0.717, 1.165) is 17.8 Å². The summed E-state index contributed by atoms with van der Waals surface area (Å²) >= 11 is 5.95. The number of benzene rings is 1. The average Bonchev–Trinajstić information content (AvgIpc) is 3.20. The quantitative estimate of drug-likeness (QED) is 0.447. The molecule has 4 heterocycles. The number of aromatic nitrogens is 4. The second-order valence-electron chi connectivity index (χ2n) is 7.59. The van der Waals surface area contributed by atoms with Gasteiger partial charge in [-0.1, -0.05) is 17.7 Å². The van der Waals surface area contributed by atoms with Crippen LogP contribution in [0.4, 0.5) is 24.8 Å². The number of nitrogens with zero attached hydrogens (tertiary/aromatic N) is 5. The molecule has 1 fully saturated rings. The Hall–Kier alpha value is -3.33. The van der Waals surface area contributed by atoms with Crippen molar-refractivity contribution in [3.63, 3.8) is 0 Å². The highest BCUT2D eigenvalue weighted by Crippen LogP contribution is 2.27. The molecule has 2 atom stereocenters. The Morgan fingerprint density at radius 3 is 2.75 bits per heavy atom. The number of piperidine rings is 1. The zero-order valence-electron chi connectivity index (χ0n) is 16.7. The lowest BCUT2D eigenvalue weighted by molar-refractivity contribution is 0.263. The molecule has 0 spiro atoms. The van der Waals surface area contributed by atoms with Crippen LogP contribution in [0.2, 0.25) is 5.15 Å². The van der Waals surface area contributed by atoms with E-state index >= 15 is 0 Å². The zero-order chi connectivity index (χ0) is 22.2. The largest absolute Gasteiger partial charge is 0.368 e. The molecule has 1 unspecified atom stereocenters. The number of hydrogen-bond donors (Lipinski definition) is 1. The summed E-state index contributed by atoms with van der Waals surface area (Å²) in [4.78, 5) is 10.4. The van der Waals surface area contributed by atoms with Crippen LogP contribution in [0.3, 0.4) is 0 Å². The molecule has 1 N–H and O–H groups in total. The van der Waals surface area contributed by atoms with Gasteiger partial charge < -0.3 is 10.2 Å². The lowest BCUT2D eigenvalue weighted by Crippen LogP contribution is -2.48. The summed E-state index contributed by atoms with van der Waals surface area (Å²) in [7, 11) is 0. The van der Waals surface area contributed by atoms with Gasteiger partial charge in [0.1, 0.15) is 11.3 Å².